The van der Waals surface area contributed by atoms with Crippen LogP contribution < -0.4 is 26.0 Å². The summed E-state index contributed by atoms with van der Waals surface area (Å²) >= 11 is 0. The zero-order valence-electron chi connectivity index (χ0n) is 31.2. The zero-order chi connectivity index (χ0) is 38.1. The van der Waals surface area contributed by atoms with Gasteiger partial charge in [0.15, 0.2) is 0 Å². The van der Waals surface area contributed by atoms with Gasteiger partial charge in [0, 0.05) is 82.3 Å². The molecule has 4 aromatic rings. The Morgan fingerprint density at radius 2 is 1.44 bits per heavy atom. The molecule has 7 N–H and O–H groups in total. The Kier molecular flexibility index (Phi) is 12.6. The molecule has 0 saturated carbocycles. The minimum atomic E-state index is -0.732. The van der Waals surface area contributed by atoms with Crippen molar-refractivity contribution in [2.75, 3.05) is 69.6 Å². The molecular formula is C43H52N6O6. The average molecular weight is 749 g/mol. The number of rotatable bonds is 15. The first kappa shape index (κ1) is 38.3. The summed E-state index contributed by atoms with van der Waals surface area (Å²) in [6.45, 7) is 5.68. The second-order valence-corrected chi connectivity index (χ2v) is 14.8. The van der Waals surface area contributed by atoms with Gasteiger partial charge in [-0.25, -0.2) is 0 Å². The number of ether oxygens (including phenoxy) is 1. The first-order valence-corrected chi connectivity index (χ1v) is 19.4. The van der Waals surface area contributed by atoms with Gasteiger partial charge >= 0.3 is 0 Å². The van der Waals surface area contributed by atoms with E-state index in [1.165, 1.54) is 22.3 Å². The number of fused-ring (bicyclic) bond motifs is 3. The van der Waals surface area contributed by atoms with Gasteiger partial charge in [-0.1, -0.05) is 48.5 Å². The van der Waals surface area contributed by atoms with Crippen LogP contribution in [0.4, 0.5) is 11.4 Å². The number of aliphatic hydroxyl groups is 3. The van der Waals surface area contributed by atoms with E-state index in [1.54, 1.807) is 30.3 Å². The molecule has 0 aromatic heterocycles. The van der Waals surface area contributed by atoms with Gasteiger partial charge in [-0.2, -0.15) is 0 Å². The first-order chi connectivity index (χ1) is 26.8. The molecule has 0 aliphatic carbocycles. The van der Waals surface area contributed by atoms with Crippen molar-refractivity contribution in [3.63, 3.8) is 0 Å². The summed E-state index contributed by atoms with van der Waals surface area (Å²) in [4.78, 5) is 30.4. The minimum Gasteiger partial charge on any atom is -0.482 e. The summed E-state index contributed by atoms with van der Waals surface area (Å²) in [7, 11) is 0. The Hall–Kier alpha value is -4.98. The molecule has 3 heterocycles. The van der Waals surface area contributed by atoms with Crippen molar-refractivity contribution < 1.29 is 29.6 Å². The molecule has 7 rings (SSSR count). The van der Waals surface area contributed by atoms with Crippen molar-refractivity contribution in [3.8, 4) is 5.75 Å². The number of hydrogen-bond donors (Lipinski definition) is 7. The van der Waals surface area contributed by atoms with Gasteiger partial charge in [0.25, 0.3) is 11.8 Å². The Morgan fingerprint density at radius 1 is 0.764 bits per heavy atom. The van der Waals surface area contributed by atoms with E-state index in [-0.39, 0.29) is 37.6 Å². The van der Waals surface area contributed by atoms with Crippen molar-refractivity contribution in [1.29, 1.82) is 0 Å². The molecule has 0 spiro atoms. The molecule has 3 aliphatic heterocycles. The topological polar surface area (TPSA) is 159 Å². The monoisotopic (exact) mass is 748 g/mol. The van der Waals surface area contributed by atoms with Gasteiger partial charge in [-0.15, -0.1) is 0 Å². The lowest BCUT2D eigenvalue weighted by Crippen LogP contribution is -2.42. The van der Waals surface area contributed by atoms with Gasteiger partial charge in [0.2, 0.25) is 0 Å². The summed E-state index contributed by atoms with van der Waals surface area (Å²) in [6.07, 6.45) is 0.767. The molecule has 55 heavy (non-hydrogen) atoms. The molecule has 4 aromatic carbocycles. The number of anilines is 2. The molecule has 0 saturated heterocycles. The molecular weight excluding hydrogens is 697 g/mol. The summed E-state index contributed by atoms with van der Waals surface area (Å²) in [6, 6.07) is 27.4. The second-order valence-electron chi connectivity index (χ2n) is 14.8. The highest BCUT2D eigenvalue weighted by Crippen LogP contribution is 2.36. The molecule has 3 aliphatic rings. The highest BCUT2D eigenvalue weighted by Gasteiger charge is 2.26. The number of β-amino-alcohol motifs (C(OH)–C–C–N with tert-alkyl or cyclic N) is 2. The van der Waals surface area contributed by atoms with Gasteiger partial charge in [0.05, 0.1) is 24.4 Å². The van der Waals surface area contributed by atoms with E-state index < -0.39 is 12.2 Å². The van der Waals surface area contributed by atoms with Gasteiger partial charge in [0.1, 0.15) is 11.9 Å². The molecule has 3 atom stereocenters. The first-order valence-electron chi connectivity index (χ1n) is 19.4. The lowest BCUT2D eigenvalue weighted by molar-refractivity contribution is 0.0839. The van der Waals surface area contributed by atoms with Crippen molar-refractivity contribution >= 4 is 23.2 Å². The number of benzene rings is 4. The van der Waals surface area contributed by atoms with Crippen LogP contribution in [0.15, 0.2) is 84.9 Å². The largest absolute Gasteiger partial charge is 0.482 e. The molecule has 290 valence electrons. The number of nitrogens with one attached hydrogen (secondary N) is 4. The van der Waals surface area contributed by atoms with E-state index in [4.69, 9.17) is 9.84 Å². The standard InChI is InChI=1S/C43H52N6O6/c50-18-4-15-44-36-8-3-7-32(20-36)42(53)46-22-38(52)28-49-17-14-30-9-10-31(19-35(30)26-49)41-24-45-39-12-11-33(21-40(39)55-41)43(54)47-23-37(51)27-48-16-13-29-5-1-2-6-34(29)25-48/h1-3,5-12,19-21,37-38,41,44-45,50-52H,4,13-18,22-28H2,(H,46,53)(H,47,54). The summed E-state index contributed by atoms with van der Waals surface area (Å²) in [5, 5.41) is 43.0. The normalized spacial score (nSPS) is 17.7. The maximum atomic E-state index is 13.1. The molecule has 0 fully saturated rings. The second kappa shape index (κ2) is 18.1. The SMILES string of the molecule is O=C(NCC(O)CN1CCc2ccccc2C1)c1ccc2c(c1)OC(c1ccc3c(c1)CN(CC(O)CNC(=O)c1cccc(NCCCO)c1)CC3)CN2. The Bertz CT molecular complexity index is 1960. The van der Waals surface area contributed by atoms with E-state index in [9.17, 15) is 19.8 Å². The van der Waals surface area contributed by atoms with Crippen molar-refractivity contribution in [2.24, 2.45) is 0 Å². The smallest absolute Gasteiger partial charge is 0.251 e. The third-order valence-corrected chi connectivity index (χ3v) is 10.6. The van der Waals surface area contributed by atoms with Gasteiger partial charge in [-0.3, -0.25) is 19.4 Å². The van der Waals surface area contributed by atoms with E-state index in [0.29, 0.717) is 56.0 Å². The molecule has 12 heteroatoms. The number of carbonyl (C=O) groups is 2. The fourth-order valence-electron chi connectivity index (χ4n) is 7.62. The lowest BCUT2D eigenvalue weighted by atomic mass is 9.95. The third kappa shape index (κ3) is 10.0. The van der Waals surface area contributed by atoms with Crippen LogP contribution in [-0.2, 0) is 25.9 Å². The van der Waals surface area contributed by atoms with Crippen LogP contribution in [0.25, 0.3) is 0 Å². The molecule has 0 radical (unpaired) electrons. The van der Waals surface area contributed by atoms with Crippen molar-refractivity contribution in [2.45, 2.75) is 50.7 Å². The molecule has 2 amide bonds. The number of amides is 2. The highest BCUT2D eigenvalue weighted by atomic mass is 16.5. The van der Waals surface area contributed by atoms with Crippen LogP contribution >= 0.6 is 0 Å². The van der Waals surface area contributed by atoms with E-state index in [0.717, 1.165) is 49.4 Å². The van der Waals surface area contributed by atoms with E-state index in [2.05, 4.69) is 67.5 Å². The predicted molar refractivity (Wildman–Crippen MR) is 212 cm³/mol. The van der Waals surface area contributed by atoms with Crippen LogP contribution in [0.5, 0.6) is 5.75 Å². The average Bonchev–Trinajstić information content (AvgIpc) is 3.21. The maximum absolute atomic E-state index is 13.1. The number of hydrogen-bond acceptors (Lipinski definition) is 10. The minimum absolute atomic E-state index is 0.102. The van der Waals surface area contributed by atoms with Crippen LogP contribution in [0.1, 0.15) is 61.1 Å². The number of carbonyl (C=O) groups excluding carboxylic acids is 2. The Balaban J connectivity index is 0.885. The summed E-state index contributed by atoms with van der Waals surface area (Å²) < 4.78 is 6.46. The Labute approximate surface area is 322 Å². The van der Waals surface area contributed by atoms with Crippen LogP contribution in [0.3, 0.4) is 0 Å². The van der Waals surface area contributed by atoms with Crippen LogP contribution in [0, 0.1) is 0 Å². The fraction of sp³-hybridized carbons (Fsp3) is 0.395. The zero-order valence-corrected chi connectivity index (χ0v) is 31.2. The third-order valence-electron chi connectivity index (χ3n) is 10.6. The fourth-order valence-corrected chi connectivity index (χ4v) is 7.62. The molecule has 12 nitrogen and oxygen atoms in total. The maximum Gasteiger partial charge on any atom is 0.251 e. The van der Waals surface area contributed by atoms with E-state index in [1.807, 2.05) is 18.2 Å². The Morgan fingerprint density at radius 3 is 2.16 bits per heavy atom. The number of nitrogens with zero attached hydrogens (tertiary/aromatic N) is 2. The number of aliphatic hydroxyl groups excluding tert-OH is 3. The molecule has 3 unspecified atom stereocenters. The van der Waals surface area contributed by atoms with Gasteiger partial charge < -0.3 is 41.3 Å². The van der Waals surface area contributed by atoms with Crippen molar-refractivity contribution in [1.82, 2.24) is 20.4 Å². The lowest BCUT2D eigenvalue weighted by Gasteiger charge is -2.32. The predicted octanol–water partition coefficient (Wildman–Crippen LogP) is 3.32. The summed E-state index contributed by atoms with van der Waals surface area (Å²) in [5.74, 6) is 0.0950. The summed E-state index contributed by atoms with van der Waals surface area (Å²) in [5.41, 5.74) is 8.74. The molecule has 0 bridgehead atoms. The highest BCUT2D eigenvalue weighted by molar-refractivity contribution is 5.95. The van der Waals surface area contributed by atoms with E-state index >= 15 is 0 Å². The van der Waals surface area contributed by atoms with Crippen LogP contribution in [0.2, 0.25) is 0 Å². The van der Waals surface area contributed by atoms with Crippen molar-refractivity contribution in [3.05, 3.63) is 124 Å². The van der Waals surface area contributed by atoms with Crippen LogP contribution in [-0.4, -0.2) is 108 Å². The quantitative estimate of drug-likeness (QED) is 0.0901. The van der Waals surface area contributed by atoms with Gasteiger partial charge in [-0.05, 0) is 83.5 Å².